The van der Waals surface area contributed by atoms with Crippen molar-refractivity contribution in [2.75, 3.05) is 6.54 Å². The van der Waals surface area contributed by atoms with Crippen molar-refractivity contribution in [1.29, 1.82) is 0 Å². The number of thiophene rings is 1. The zero-order chi connectivity index (χ0) is 16.1. The maximum atomic E-state index is 11.8. The third-order valence-electron chi connectivity index (χ3n) is 3.82. The SMILES string of the molecule is Cc1cc2ccccc2n1CCCNC(=O)C=Cc1cccs1. The number of para-hydroxylation sites is 1. The van der Waals surface area contributed by atoms with E-state index >= 15 is 0 Å². The van der Waals surface area contributed by atoms with Crippen LogP contribution in [0, 0.1) is 6.92 Å². The van der Waals surface area contributed by atoms with Gasteiger partial charge in [0.15, 0.2) is 0 Å². The summed E-state index contributed by atoms with van der Waals surface area (Å²) in [6.07, 6.45) is 4.36. The van der Waals surface area contributed by atoms with Gasteiger partial charge in [-0.15, -0.1) is 11.3 Å². The third kappa shape index (κ3) is 3.90. The molecule has 0 aliphatic carbocycles. The minimum Gasteiger partial charge on any atom is -0.352 e. The van der Waals surface area contributed by atoms with Crippen molar-refractivity contribution >= 4 is 34.2 Å². The van der Waals surface area contributed by atoms with Crippen LogP contribution in [0.4, 0.5) is 0 Å². The second kappa shape index (κ2) is 7.29. The maximum Gasteiger partial charge on any atom is 0.244 e. The predicted molar refractivity (Wildman–Crippen MR) is 97.7 cm³/mol. The molecule has 0 radical (unpaired) electrons. The van der Waals surface area contributed by atoms with Crippen LogP contribution in [0.1, 0.15) is 17.0 Å². The maximum absolute atomic E-state index is 11.8. The molecule has 2 aromatic heterocycles. The molecule has 3 rings (SSSR count). The molecule has 0 saturated carbocycles. The van der Waals surface area contributed by atoms with Gasteiger partial charge in [0.25, 0.3) is 0 Å². The lowest BCUT2D eigenvalue weighted by molar-refractivity contribution is -0.116. The first-order valence-electron chi connectivity index (χ1n) is 7.78. The van der Waals surface area contributed by atoms with Crippen LogP contribution < -0.4 is 5.32 Å². The Kier molecular flexibility index (Phi) is 4.93. The van der Waals surface area contributed by atoms with E-state index in [1.807, 2.05) is 23.6 Å². The van der Waals surface area contributed by atoms with Crippen molar-refractivity contribution in [3.63, 3.8) is 0 Å². The molecule has 0 bridgehead atoms. The highest BCUT2D eigenvalue weighted by molar-refractivity contribution is 7.10. The molecule has 4 heteroatoms. The zero-order valence-electron chi connectivity index (χ0n) is 13.2. The smallest absolute Gasteiger partial charge is 0.244 e. The Morgan fingerprint density at radius 1 is 1.26 bits per heavy atom. The zero-order valence-corrected chi connectivity index (χ0v) is 14.0. The van der Waals surface area contributed by atoms with Crippen molar-refractivity contribution in [2.45, 2.75) is 19.9 Å². The molecule has 1 amide bonds. The lowest BCUT2D eigenvalue weighted by Crippen LogP contribution is -2.23. The topological polar surface area (TPSA) is 34.0 Å². The van der Waals surface area contributed by atoms with Crippen molar-refractivity contribution in [1.82, 2.24) is 9.88 Å². The van der Waals surface area contributed by atoms with E-state index in [2.05, 4.69) is 47.1 Å². The van der Waals surface area contributed by atoms with E-state index < -0.39 is 0 Å². The molecule has 0 spiro atoms. The average molecular weight is 324 g/mol. The molecule has 0 aliphatic rings. The van der Waals surface area contributed by atoms with Crippen LogP contribution in [-0.2, 0) is 11.3 Å². The van der Waals surface area contributed by atoms with Crippen molar-refractivity contribution in [2.24, 2.45) is 0 Å². The molecule has 0 unspecified atom stereocenters. The Hall–Kier alpha value is -2.33. The van der Waals surface area contributed by atoms with E-state index in [1.54, 1.807) is 17.4 Å². The fraction of sp³-hybridized carbons (Fsp3) is 0.211. The van der Waals surface area contributed by atoms with Gasteiger partial charge in [-0.25, -0.2) is 0 Å². The summed E-state index contributed by atoms with van der Waals surface area (Å²) in [5.41, 5.74) is 2.52. The van der Waals surface area contributed by atoms with Gasteiger partial charge in [0.2, 0.25) is 5.91 Å². The Bertz CT molecular complexity index is 815. The Morgan fingerprint density at radius 3 is 2.96 bits per heavy atom. The number of aromatic nitrogens is 1. The quantitative estimate of drug-likeness (QED) is 0.534. The molecule has 0 aliphatic heterocycles. The number of nitrogens with zero attached hydrogens (tertiary/aromatic N) is 1. The third-order valence-corrected chi connectivity index (χ3v) is 4.66. The standard InChI is InChI=1S/C19H20N2OS/c1-15-14-16-6-2-3-8-18(16)21(15)12-5-11-20-19(22)10-9-17-7-4-13-23-17/h2-4,6-10,13-14H,5,11-12H2,1H3,(H,20,22). The van der Waals surface area contributed by atoms with Gasteiger partial charge in [-0.05, 0) is 48.4 Å². The monoisotopic (exact) mass is 324 g/mol. The number of hydrogen-bond donors (Lipinski definition) is 1. The number of nitrogens with one attached hydrogen (secondary N) is 1. The van der Waals surface area contributed by atoms with Crippen LogP contribution >= 0.6 is 11.3 Å². The molecule has 0 saturated heterocycles. The summed E-state index contributed by atoms with van der Waals surface area (Å²) in [6, 6.07) is 14.6. The first kappa shape index (κ1) is 15.6. The number of carbonyl (C=O) groups is 1. The van der Waals surface area contributed by atoms with E-state index in [9.17, 15) is 4.79 Å². The first-order valence-corrected chi connectivity index (χ1v) is 8.66. The molecule has 0 atom stereocenters. The Morgan fingerprint density at radius 2 is 2.13 bits per heavy atom. The Balaban J connectivity index is 1.49. The molecule has 3 nitrogen and oxygen atoms in total. The number of hydrogen-bond acceptors (Lipinski definition) is 2. The van der Waals surface area contributed by atoms with E-state index in [-0.39, 0.29) is 5.91 Å². The van der Waals surface area contributed by atoms with Gasteiger partial charge in [-0.2, -0.15) is 0 Å². The lowest BCUT2D eigenvalue weighted by Gasteiger charge is -2.08. The number of aryl methyl sites for hydroxylation is 2. The first-order chi connectivity index (χ1) is 11.2. The normalized spacial score (nSPS) is 11.3. The van der Waals surface area contributed by atoms with Gasteiger partial charge in [0.1, 0.15) is 0 Å². The highest BCUT2D eigenvalue weighted by atomic mass is 32.1. The van der Waals surface area contributed by atoms with Gasteiger partial charge < -0.3 is 9.88 Å². The van der Waals surface area contributed by atoms with Crippen LogP contribution in [-0.4, -0.2) is 17.0 Å². The predicted octanol–water partition coefficient (Wildman–Crippen LogP) is 4.23. The summed E-state index contributed by atoms with van der Waals surface area (Å²) >= 11 is 1.62. The molecule has 23 heavy (non-hydrogen) atoms. The molecule has 3 aromatic rings. The molecule has 1 N–H and O–H groups in total. The van der Waals surface area contributed by atoms with Gasteiger partial charge in [-0.1, -0.05) is 24.3 Å². The van der Waals surface area contributed by atoms with E-state index in [1.165, 1.54) is 16.6 Å². The van der Waals surface area contributed by atoms with E-state index in [4.69, 9.17) is 0 Å². The van der Waals surface area contributed by atoms with Crippen molar-refractivity contribution in [3.05, 3.63) is 64.5 Å². The number of rotatable bonds is 6. The van der Waals surface area contributed by atoms with Gasteiger partial charge >= 0.3 is 0 Å². The minimum atomic E-state index is -0.0347. The molecule has 118 valence electrons. The average Bonchev–Trinajstić information content (AvgIpc) is 3.17. The summed E-state index contributed by atoms with van der Waals surface area (Å²) in [5.74, 6) is -0.0347. The summed E-state index contributed by atoms with van der Waals surface area (Å²) < 4.78 is 2.31. The fourth-order valence-corrected chi connectivity index (χ4v) is 3.31. The molecular weight excluding hydrogens is 304 g/mol. The second-order valence-corrected chi connectivity index (χ2v) is 6.47. The lowest BCUT2D eigenvalue weighted by atomic mass is 10.2. The molecule has 1 aromatic carbocycles. The molecule has 2 heterocycles. The van der Waals surface area contributed by atoms with Crippen molar-refractivity contribution in [3.8, 4) is 0 Å². The van der Waals surface area contributed by atoms with E-state index in [0.29, 0.717) is 6.54 Å². The van der Waals surface area contributed by atoms with E-state index in [0.717, 1.165) is 17.8 Å². The highest BCUT2D eigenvalue weighted by Gasteiger charge is 2.04. The summed E-state index contributed by atoms with van der Waals surface area (Å²) in [5, 5.41) is 6.21. The number of fused-ring (bicyclic) bond motifs is 1. The Labute approximate surface area is 140 Å². The summed E-state index contributed by atoms with van der Waals surface area (Å²) in [7, 11) is 0. The highest BCUT2D eigenvalue weighted by Crippen LogP contribution is 2.19. The summed E-state index contributed by atoms with van der Waals surface area (Å²) in [6.45, 7) is 3.72. The van der Waals surface area contributed by atoms with Crippen molar-refractivity contribution < 1.29 is 4.79 Å². The van der Waals surface area contributed by atoms with Crippen LogP contribution in [0.25, 0.3) is 17.0 Å². The molecular formula is C19H20N2OS. The van der Waals surface area contributed by atoms with Crippen LogP contribution in [0.15, 0.2) is 53.9 Å². The number of amides is 1. The molecule has 0 fully saturated rings. The fourth-order valence-electron chi connectivity index (χ4n) is 2.70. The van der Waals surface area contributed by atoms with Crippen LogP contribution in [0.2, 0.25) is 0 Å². The van der Waals surface area contributed by atoms with Gasteiger partial charge in [0.05, 0.1) is 0 Å². The van der Waals surface area contributed by atoms with Crippen LogP contribution in [0.5, 0.6) is 0 Å². The van der Waals surface area contributed by atoms with Gasteiger partial charge in [-0.3, -0.25) is 4.79 Å². The largest absolute Gasteiger partial charge is 0.352 e. The van der Waals surface area contributed by atoms with Gasteiger partial charge in [0, 0.05) is 35.3 Å². The summed E-state index contributed by atoms with van der Waals surface area (Å²) in [4.78, 5) is 12.9. The number of benzene rings is 1. The minimum absolute atomic E-state index is 0.0347. The second-order valence-electron chi connectivity index (χ2n) is 5.49. The van der Waals surface area contributed by atoms with Crippen LogP contribution in [0.3, 0.4) is 0 Å². The number of carbonyl (C=O) groups excluding carboxylic acids is 1.